The van der Waals surface area contributed by atoms with Crippen LogP contribution in [0.3, 0.4) is 0 Å². The molecule has 4 rings (SSSR count). The van der Waals surface area contributed by atoms with Gasteiger partial charge in [-0.05, 0) is 43.1 Å². The Labute approximate surface area is 93.6 Å². The fourth-order valence-corrected chi connectivity index (χ4v) is 7.28. The first kappa shape index (κ1) is 10.1. The summed E-state index contributed by atoms with van der Waals surface area (Å²) in [6.45, 7) is 7.56. The molecule has 0 aromatic rings. The largest absolute Gasteiger partial charge is 0.299 e. The van der Waals surface area contributed by atoms with Gasteiger partial charge >= 0.3 is 0 Å². The van der Waals surface area contributed by atoms with Gasteiger partial charge in [0.1, 0.15) is 5.78 Å². The molecule has 0 aliphatic heterocycles. The van der Waals surface area contributed by atoms with Crippen molar-refractivity contribution in [3.05, 3.63) is 0 Å². The molecule has 4 aliphatic carbocycles. The lowest BCUT2D eigenvalue weighted by Gasteiger charge is -2.60. The highest BCUT2D eigenvalue weighted by molar-refractivity contribution is 6.79. The first-order valence-corrected chi connectivity index (χ1v) is 9.95. The van der Waals surface area contributed by atoms with Crippen LogP contribution in [0, 0.1) is 17.8 Å². The van der Waals surface area contributed by atoms with Crippen molar-refractivity contribution in [1.29, 1.82) is 0 Å². The minimum absolute atomic E-state index is 0.475. The van der Waals surface area contributed by atoms with Crippen LogP contribution >= 0.6 is 0 Å². The van der Waals surface area contributed by atoms with Crippen LogP contribution in [0.4, 0.5) is 0 Å². The SMILES string of the molecule is C[Si](C)(C)C12CC3C[C@H](C1)C(=O)[C@@H](C3)C2. The van der Waals surface area contributed by atoms with Crippen molar-refractivity contribution in [2.45, 2.75) is 56.8 Å². The highest BCUT2D eigenvalue weighted by atomic mass is 28.3. The van der Waals surface area contributed by atoms with Crippen molar-refractivity contribution in [2.24, 2.45) is 17.8 Å². The fraction of sp³-hybridized carbons (Fsp3) is 0.923. The summed E-state index contributed by atoms with van der Waals surface area (Å²) in [7, 11) is -1.09. The average Bonchev–Trinajstić information content (AvgIpc) is 2.10. The lowest BCUT2D eigenvalue weighted by molar-refractivity contribution is -0.139. The third-order valence-electron chi connectivity index (χ3n) is 5.59. The summed E-state index contributed by atoms with van der Waals surface area (Å²) in [5.74, 6) is 2.50. The molecule has 0 aromatic carbocycles. The quantitative estimate of drug-likeness (QED) is 0.621. The van der Waals surface area contributed by atoms with Gasteiger partial charge in [-0.2, -0.15) is 0 Å². The number of ketones is 1. The molecule has 0 amide bonds. The number of hydrogen-bond acceptors (Lipinski definition) is 1. The Morgan fingerprint density at radius 3 is 2.07 bits per heavy atom. The van der Waals surface area contributed by atoms with Gasteiger partial charge in [0.05, 0.1) is 8.07 Å². The summed E-state index contributed by atoms with van der Waals surface area (Å²) in [6, 6.07) is 0. The highest BCUT2D eigenvalue weighted by Crippen LogP contribution is 2.66. The predicted octanol–water partition coefficient (Wildman–Crippen LogP) is 3.47. The highest BCUT2D eigenvalue weighted by Gasteiger charge is 2.59. The molecule has 0 aromatic heterocycles. The first-order chi connectivity index (χ1) is 6.91. The summed E-state index contributed by atoms with van der Waals surface area (Å²) >= 11 is 0. The van der Waals surface area contributed by atoms with Gasteiger partial charge in [0.25, 0.3) is 0 Å². The van der Waals surface area contributed by atoms with Crippen LogP contribution in [0.5, 0.6) is 0 Å². The molecule has 2 unspecified atom stereocenters. The zero-order valence-corrected chi connectivity index (χ0v) is 11.2. The van der Waals surface area contributed by atoms with E-state index in [0.717, 1.165) is 5.92 Å². The van der Waals surface area contributed by atoms with Gasteiger partial charge < -0.3 is 0 Å². The molecule has 0 spiro atoms. The summed E-state index contributed by atoms with van der Waals surface area (Å²) in [6.07, 6.45) is 6.45. The van der Waals surface area contributed by atoms with Crippen molar-refractivity contribution in [1.82, 2.24) is 0 Å². The number of rotatable bonds is 1. The second kappa shape index (κ2) is 2.76. The third kappa shape index (κ3) is 1.23. The number of carbonyl (C=O) groups excluding carboxylic acids is 1. The maximum Gasteiger partial charge on any atom is 0.139 e. The lowest BCUT2D eigenvalue weighted by atomic mass is 9.55. The van der Waals surface area contributed by atoms with Crippen LogP contribution < -0.4 is 0 Å². The molecule has 0 heterocycles. The van der Waals surface area contributed by atoms with E-state index < -0.39 is 8.07 Å². The standard InChI is InChI=1S/C13H22OSi/c1-15(2,3)13-6-9-4-10(7-13)12(14)11(5-9)8-13/h9-11H,4-8H2,1-3H3/t9?,10-,11+,13?. The van der Waals surface area contributed by atoms with Crippen molar-refractivity contribution < 1.29 is 4.79 Å². The maximum absolute atomic E-state index is 12.1. The first-order valence-electron chi connectivity index (χ1n) is 6.45. The van der Waals surface area contributed by atoms with Gasteiger partial charge in [-0.3, -0.25) is 4.79 Å². The van der Waals surface area contributed by atoms with Gasteiger partial charge in [-0.25, -0.2) is 0 Å². The van der Waals surface area contributed by atoms with E-state index in [4.69, 9.17) is 0 Å². The number of carbonyl (C=O) groups is 1. The maximum atomic E-state index is 12.1. The van der Waals surface area contributed by atoms with E-state index in [2.05, 4.69) is 19.6 Å². The van der Waals surface area contributed by atoms with E-state index >= 15 is 0 Å². The van der Waals surface area contributed by atoms with Crippen LogP contribution in [0.2, 0.25) is 24.7 Å². The molecule has 4 atom stereocenters. The lowest BCUT2D eigenvalue weighted by Crippen LogP contribution is -2.56. The predicted molar refractivity (Wildman–Crippen MR) is 64.6 cm³/mol. The van der Waals surface area contributed by atoms with Crippen molar-refractivity contribution in [3.8, 4) is 0 Å². The number of Topliss-reactive ketones (excluding diaryl/α,β-unsaturated/α-hetero) is 1. The Balaban J connectivity index is 1.99. The molecule has 4 fully saturated rings. The molecule has 0 saturated heterocycles. The molecular weight excluding hydrogens is 200 g/mol. The summed E-state index contributed by atoms with van der Waals surface area (Å²) in [4.78, 5) is 12.1. The van der Waals surface area contributed by atoms with E-state index in [1.165, 1.54) is 32.1 Å². The molecule has 0 N–H and O–H groups in total. The molecule has 4 aliphatic rings. The Morgan fingerprint density at radius 1 is 1.07 bits per heavy atom. The van der Waals surface area contributed by atoms with Gasteiger partial charge in [-0.15, -0.1) is 0 Å². The third-order valence-corrected chi connectivity index (χ3v) is 9.38. The van der Waals surface area contributed by atoms with Gasteiger partial charge in [0, 0.05) is 11.8 Å². The molecule has 4 saturated carbocycles. The monoisotopic (exact) mass is 222 g/mol. The van der Waals surface area contributed by atoms with E-state index in [9.17, 15) is 4.79 Å². The molecular formula is C13H22OSi. The van der Waals surface area contributed by atoms with Gasteiger partial charge in [0.2, 0.25) is 0 Å². The Bertz CT molecular complexity index is 297. The van der Waals surface area contributed by atoms with E-state index in [-0.39, 0.29) is 0 Å². The second-order valence-electron chi connectivity index (χ2n) is 7.28. The Morgan fingerprint density at radius 2 is 1.60 bits per heavy atom. The normalized spacial score (nSPS) is 48.7. The Kier molecular flexibility index (Phi) is 1.85. The minimum Gasteiger partial charge on any atom is -0.299 e. The smallest absolute Gasteiger partial charge is 0.139 e. The summed E-state index contributed by atoms with van der Waals surface area (Å²) < 4.78 is 0. The van der Waals surface area contributed by atoms with E-state index in [1.807, 2.05) is 0 Å². The average molecular weight is 222 g/mol. The second-order valence-corrected chi connectivity index (χ2v) is 12.8. The summed E-state index contributed by atoms with van der Waals surface area (Å²) in [5, 5.41) is 0.636. The molecule has 15 heavy (non-hydrogen) atoms. The van der Waals surface area contributed by atoms with E-state index in [1.54, 1.807) is 0 Å². The van der Waals surface area contributed by atoms with Crippen LogP contribution in [0.1, 0.15) is 32.1 Å². The van der Waals surface area contributed by atoms with E-state index in [0.29, 0.717) is 22.7 Å². The Hall–Kier alpha value is -0.113. The molecule has 0 radical (unpaired) electrons. The molecule has 1 nitrogen and oxygen atoms in total. The fourth-order valence-electron chi connectivity index (χ4n) is 4.67. The van der Waals surface area contributed by atoms with Crippen LogP contribution in [0.15, 0.2) is 0 Å². The summed E-state index contributed by atoms with van der Waals surface area (Å²) in [5.41, 5.74) is 0. The van der Waals surface area contributed by atoms with Gasteiger partial charge in [-0.1, -0.05) is 19.6 Å². The molecule has 84 valence electrons. The zero-order chi connectivity index (χ0) is 10.8. The van der Waals surface area contributed by atoms with Crippen LogP contribution in [0.25, 0.3) is 0 Å². The van der Waals surface area contributed by atoms with Crippen LogP contribution in [-0.4, -0.2) is 13.9 Å². The van der Waals surface area contributed by atoms with Crippen molar-refractivity contribution in [3.63, 3.8) is 0 Å². The van der Waals surface area contributed by atoms with Crippen molar-refractivity contribution in [2.75, 3.05) is 0 Å². The zero-order valence-electron chi connectivity index (χ0n) is 10.2. The van der Waals surface area contributed by atoms with Crippen molar-refractivity contribution >= 4 is 13.9 Å². The van der Waals surface area contributed by atoms with Crippen LogP contribution in [-0.2, 0) is 4.79 Å². The minimum atomic E-state index is -1.09. The topological polar surface area (TPSA) is 17.1 Å². The molecule has 4 bridgehead atoms. The molecule has 2 heteroatoms. The number of hydrogen-bond donors (Lipinski definition) is 0. The van der Waals surface area contributed by atoms with Gasteiger partial charge in [0.15, 0.2) is 0 Å².